The molecule has 0 unspecified atom stereocenters. The van der Waals surface area contributed by atoms with E-state index in [-0.39, 0.29) is 24.5 Å². The molecule has 5 aliphatic rings. The zero-order valence-corrected chi connectivity index (χ0v) is 31.9. The van der Waals surface area contributed by atoms with Gasteiger partial charge in [0.2, 0.25) is 0 Å². The van der Waals surface area contributed by atoms with E-state index in [1.54, 1.807) is 21.0 Å². The number of hydrogen-bond acceptors (Lipinski definition) is 12. The number of likely N-dealkylation sites (N-methyl/N-ethyl adjacent to an activating group) is 1. The third-order valence-electron chi connectivity index (χ3n) is 12.2. The Hall–Kier alpha value is -1.19. The first-order chi connectivity index (χ1) is 22.7. The van der Waals surface area contributed by atoms with Crippen molar-refractivity contribution < 1.29 is 52.9 Å². The number of carbonyl (C=O) groups excluding carboxylic acids is 1. The lowest BCUT2D eigenvalue weighted by Crippen LogP contribution is -2.61. The summed E-state index contributed by atoms with van der Waals surface area (Å²) in [7, 11) is 5.44. The zero-order valence-electron chi connectivity index (χ0n) is 31.9. The Bertz CT molecular complexity index is 1230. The number of aliphatic hydroxyl groups is 2. The van der Waals surface area contributed by atoms with Crippen LogP contribution in [-0.4, -0.2) is 126 Å². The summed E-state index contributed by atoms with van der Waals surface area (Å²) < 4.78 is 52.5. The molecule has 4 fully saturated rings. The van der Waals surface area contributed by atoms with E-state index in [4.69, 9.17) is 37.9 Å². The summed E-state index contributed by atoms with van der Waals surface area (Å²) >= 11 is 0. The van der Waals surface area contributed by atoms with Gasteiger partial charge in [0.25, 0.3) is 0 Å². The second-order valence-electron chi connectivity index (χ2n) is 16.4. The maximum absolute atomic E-state index is 14.2. The number of fused-ring (bicyclic) bond motifs is 2. The molecule has 0 aliphatic carbocycles. The van der Waals surface area contributed by atoms with E-state index in [0.29, 0.717) is 19.3 Å². The van der Waals surface area contributed by atoms with Crippen LogP contribution in [0.5, 0.6) is 0 Å². The van der Waals surface area contributed by atoms with Gasteiger partial charge >= 0.3 is 5.97 Å². The monoisotopic (exact) mass is 697 g/mol. The molecule has 5 heterocycles. The Morgan fingerprint density at radius 2 is 1.67 bits per heavy atom. The van der Waals surface area contributed by atoms with Crippen molar-refractivity contribution in [1.29, 1.82) is 0 Å². The standard InChI is InChI=1S/C37H63NO11/c1-14-26-34(8)16-19(2)37(48-34)20(3)17-36(10,49-37)31(47-33-28(39)25(38(11)12)15-21(4)43-33)22(5)29(23(6)32(41)45-26)46-27-18-35(9,42-13)30(40)24(7)44-27/h16,20-31,33,39-40H,14-15,17-18H2,1-13H3/t20-,21-,22+,23-,24+,25+,26-,27+,28-,29+,30+,31-,33+,34+,35-,36-,37-/m1/s1. The fourth-order valence-corrected chi connectivity index (χ4v) is 9.37. The Kier molecular flexibility index (Phi) is 11.1. The molecule has 1 spiro atoms. The predicted octanol–water partition coefficient (Wildman–Crippen LogP) is 3.94. The third kappa shape index (κ3) is 6.89. The number of esters is 1. The Labute approximate surface area is 293 Å². The van der Waals surface area contributed by atoms with Crippen molar-refractivity contribution in [3.63, 3.8) is 0 Å². The van der Waals surface area contributed by atoms with Gasteiger partial charge in [-0.1, -0.05) is 20.8 Å². The summed E-state index contributed by atoms with van der Waals surface area (Å²) in [5.41, 5.74) is -1.90. The van der Waals surface area contributed by atoms with E-state index >= 15 is 0 Å². The average Bonchev–Trinajstić information content (AvgIpc) is 3.45. The molecular weight excluding hydrogens is 634 g/mol. The molecule has 2 N–H and O–H groups in total. The van der Waals surface area contributed by atoms with Crippen LogP contribution < -0.4 is 0 Å². The number of aliphatic hydroxyl groups excluding tert-OH is 2. The average molecular weight is 698 g/mol. The molecule has 0 aromatic rings. The van der Waals surface area contributed by atoms with Crippen LogP contribution in [0.1, 0.15) is 94.9 Å². The summed E-state index contributed by atoms with van der Waals surface area (Å²) in [4.78, 5) is 16.2. The van der Waals surface area contributed by atoms with Gasteiger partial charge in [-0.2, -0.15) is 0 Å². The maximum Gasteiger partial charge on any atom is 0.311 e. The van der Waals surface area contributed by atoms with Gasteiger partial charge in [0.15, 0.2) is 18.4 Å². The summed E-state index contributed by atoms with van der Waals surface area (Å²) in [5, 5.41) is 22.5. The van der Waals surface area contributed by atoms with Crippen LogP contribution in [-0.2, 0) is 42.7 Å². The van der Waals surface area contributed by atoms with Gasteiger partial charge in [0, 0.05) is 31.4 Å². The molecule has 282 valence electrons. The van der Waals surface area contributed by atoms with Gasteiger partial charge < -0.3 is 53.0 Å². The van der Waals surface area contributed by atoms with Gasteiger partial charge in [-0.3, -0.25) is 4.79 Å². The first-order valence-corrected chi connectivity index (χ1v) is 18.2. The predicted molar refractivity (Wildman–Crippen MR) is 180 cm³/mol. The Morgan fingerprint density at radius 3 is 2.29 bits per heavy atom. The number of nitrogens with zero attached hydrogens (tertiary/aromatic N) is 1. The highest BCUT2D eigenvalue weighted by molar-refractivity contribution is 5.73. The quantitative estimate of drug-likeness (QED) is 0.295. The molecule has 0 radical (unpaired) electrons. The summed E-state index contributed by atoms with van der Waals surface area (Å²) in [6, 6.07) is -0.191. The lowest BCUT2D eigenvalue weighted by Gasteiger charge is -2.49. The van der Waals surface area contributed by atoms with E-state index < -0.39 is 89.6 Å². The number of methoxy groups -OCH3 is 1. The first-order valence-electron chi connectivity index (χ1n) is 18.2. The van der Waals surface area contributed by atoms with E-state index in [2.05, 4.69) is 6.92 Å². The van der Waals surface area contributed by atoms with Gasteiger partial charge in [-0.25, -0.2) is 0 Å². The van der Waals surface area contributed by atoms with E-state index in [9.17, 15) is 15.0 Å². The number of hydrogen-bond donors (Lipinski definition) is 2. The third-order valence-corrected chi connectivity index (χ3v) is 12.2. The summed E-state index contributed by atoms with van der Waals surface area (Å²) in [6.45, 7) is 19.4. The van der Waals surface area contributed by atoms with Crippen LogP contribution >= 0.6 is 0 Å². The van der Waals surface area contributed by atoms with Crippen LogP contribution in [0.3, 0.4) is 0 Å². The summed E-state index contributed by atoms with van der Waals surface area (Å²) in [6.07, 6.45) is -2.44. The lowest BCUT2D eigenvalue weighted by molar-refractivity contribution is -0.337. The minimum absolute atomic E-state index is 0.0864. The van der Waals surface area contributed by atoms with Gasteiger partial charge in [0.1, 0.15) is 23.9 Å². The molecule has 12 nitrogen and oxygen atoms in total. The SMILES string of the molecule is CC[C@H]1OC(=O)[C@H](C)[C@@H](O[C@H]2C[C@@](C)(OC)[C@@H](O)[C@H](C)O2)[C@H](C)[C@@H](O[C@@H]2O[C@H](C)C[C@H](N(C)C)[C@H]2O)[C@@]2(C)C[C@@H](C)[C@@]3(O2)O[C@@]1(C)C=C3C. The number of rotatable bonds is 7. The molecule has 5 aliphatic heterocycles. The zero-order chi connectivity index (χ0) is 36.4. The fraction of sp³-hybridized carbons (Fsp3) is 0.919. The highest BCUT2D eigenvalue weighted by atomic mass is 16.8. The van der Waals surface area contributed by atoms with Crippen molar-refractivity contribution in [3.8, 4) is 0 Å². The van der Waals surface area contributed by atoms with Crippen LogP contribution in [0.25, 0.3) is 0 Å². The molecule has 5 rings (SSSR count). The molecule has 0 aromatic carbocycles. The van der Waals surface area contributed by atoms with Crippen LogP contribution in [0, 0.1) is 17.8 Å². The van der Waals surface area contributed by atoms with E-state index in [0.717, 1.165) is 5.57 Å². The second kappa shape index (κ2) is 14.0. The summed E-state index contributed by atoms with van der Waals surface area (Å²) in [5.74, 6) is -2.88. The molecule has 49 heavy (non-hydrogen) atoms. The minimum atomic E-state index is -1.07. The van der Waals surface area contributed by atoms with Crippen LogP contribution in [0.15, 0.2) is 11.6 Å². The van der Waals surface area contributed by atoms with Gasteiger partial charge in [-0.15, -0.1) is 0 Å². The topological polar surface area (TPSA) is 135 Å². The minimum Gasteiger partial charge on any atom is -0.459 e. The van der Waals surface area contributed by atoms with Crippen molar-refractivity contribution in [1.82, 2.24) is 4.90 Å². The molecule has 0 saturated carbocycles. The Morgan fingerprint density at radius 1 is 1.00 bits per heavy atom. The smallest absolute Gasteiger partial charge is 0.311 e. The molecule has 0 amide bonds. The second-order valence-corrected chi connectivity index (χ2v) is 16.4. The van der Waals surface area contributed by atoms with E-state index in [1.807, 2.05) is 73.5 Å². The molecule has 3 bridgehead atoms. The largest absolute Gasteiger partial charge is 0.459 e. The lowest BCUT2D eigenvalue weighted by atomic mass is 9.78. The molecular formula is C37H63NO11. The van der Waals surface area contributed by atoms with Crippen molar-refractivity contribution in [2.75, 3.05) is 21.2 Å². The maximum atomic E-state index is 14.2. The van der Waals surface area contributed by atoms with Crippen molar-refractivity contribution in [3.05, 3.63) is 11.6 Å². The highest BCUT2D eigenvalue weighted by Crippen LogP contribution is 2.56. The fourth-order valence-electron chi connectivity index (χ4n) is 9.37. The number of ether oxygens (including phenoxy) is 8. The van der Waals surface area contributed by atoms with E-state index in [1.165, 1.54) is 0 Å². The van der Waals surface area contributed by atoms with Crippen molar-refractivity contribution in [2.45, 2.75) is 179 Å². The molecule has 17 atom stereocenters. The normalized spacial score (nSPS) is 52.4. The molecule has 12 heteroatoms. The van der Waals surface area contributed by atoms with Crippen LogP contribution in [0.4, 0.5) is 0 Å². The number of carbonyl (C=O) groups is 1. The van der Waals surface area contributed by atoms with Crippen molar-refractivity contribution >= 4 is 5.97 Å². The molecule has 0 aromatic heterocycles. The van der Waals surface area contributed by atoms with Crippen molar-refractivity contribution in [2.24, 2.45) is 17.8 Å². The molecule has 4 saturated heterocycles. The highest BCUT2D eigenvalue weighted by Gasteiger charge is 2.65. The first kappa shape index (κ1) is 39.0. The Balaban J connectivity index is 1.60. The van der Waals surface area contributed by atoms with Crippen LogP contribution in [0.2, 0.25) is 0 Å². The van der Waals surface area contributed by atoms with Gasteiger partial charge in [0.05, 0.1) is 41.5 Å². The van der Waals surface area contributed by atoms with Gasteiger partial charge in [-0.05, 0) is 93.5 Å². The number of cyclic esters (lactones) is 1.